The van der Waals surface area contributed by atoms with Crippen molar-refractivity contribution >= 4 is 40.8 Å². The molecule has 0 amide bonds. The first kappa shape index (κ1) is 11.4. The van der Waals surface area contributed by atoms with Gasteiger partial charge in [-0.25, -0.2) is 0 Å². The van der Waals surface area contributed by atoms with Crippen LogP contribution < -0.4 is 4.72 Å². The van der Waals surface area contributed by atoms with E-state index in [0.717, 1.165) is 10.9 Å². The van der Waals surface area contributed by atoms with Crippen molar-refractivity contribution < 1.29 is 0 Å². The zero-order valence-electron chi connectivity index (χ0n) is 8.30. The van der Waals surface area contributed by atoms with Crippen molar-refractivity contribution in [3.05, 3.63) is 28.2 Å². The van der Waals surface area contributed by atoms with E-state index in [2.05, 4.69) is 4.72 Å². The highest BCUT2D eigenvalue weighted by Gasteiger charge is 2.15. The quantitative estimate of drug-likeness (QED) is 0.769. The van der Waals surface area contributed by atoms with Crippen LogP contribution in [0.3, 0.4) is 0 Å². The van der Waals surface area contributed by atoms with Crippen LogP contribution in [0.1, 0.15) is 25.7 Å². The second kappa shape index (κ2) is 5.33. The van der Waals surface area contributed by atoms with Gasteiger partial charge in [0, 0.05) is 10.3 Å². The molecule has 1 aromatic carbocycles. The Labute approximate surface area is 105 Å². The molecule has 15 heavy (non-hydrogen) atoms. The first-order valence-corrected chi connectivity index (χ1v) is 6.76. The van der Waals surface area contributed by atoms with Crippen molar-refractivity contribution in [2.45, 2.75) is 30.9 Å². The van der Waals surface area contributed by atoms with Gasteiger partial charge in [-0.1, -0.05) is 36.0 Å². The van der Waals surface area contributed by atoms with Crippen LogP contribution in [-0.2, 0) is 0 Å². The Hall–Kier alpha value is -0.0500. The Morgan fingerprint density at radius 1 is 1.20 bits per heavy atom. The zero-order valence-corrected chi connectivity index (χ0v) is 10.6. The minimum atomic E-state index is 0.677. The van der Waals surface area contributed by atoms with Crippen molar-refractivity contribution in [3.63, 3.8) is 0 Å². The molecule has 1 fully saturated rings. The van der Waals surface area contributed by atoms with Crippen molar-refractivity contribution in [2.75, 3.05) is 4.72 Å². The monoisotopic (exact) mass is 261 g/mol. The van der Waals surface area contributed by atoms with Crippen LogP contribution in [0, 0.1) is 0 Å². The molecule has 1 aromatic rings. The molecule has 0 spiro atoms. The standard InChI is InChI=1S/C11H13Cl2NS/c12-8-5-6-11(10(13)7-8)14-15-9-3-1-2-4-9/h5-7,9,14H,1-4H2. The van der Waals surface area contributed by atoms with E-state index in [4.69, 9.17) is 23.2 Å². The molecule has 0 aliphatic heterocycles. The van der Waals surface area contributed by atoms with Crippen LogP contribution in [0.25, 0.3) is 0 Å². The third-order valence-corrected chi connectivity index (χ3v) is 4.26. The van der Waals surface area contributed by atoms with Crippen LogP contribution in [0.4, 0.5) is 5.69 Å². The van der Waals surface area contributed by atoms with Gasteiger partial charge < -0.3 is 4.72 Å². The van der Waals surface area contributed by atoms with Crippen molar-refractivity contribution in [1.82, 2.24) is 0 Å². The van der Waals surface area contributed by atoms with E-state index in [9.17, 15) is 0 Å². The summed E-state index contributed by atoms with van der Waals surface area (Å²) in [6.07, 6.45) is 5.33. The lowest BCUT2D eigenvalue weighted by Gasteiger charge is -2.11. The highest BCUT2D eigenvalue weighted by atomic mass is 35.5. The first-order valence-electron chi connectivity index (χ1n) is 5.12. The molecule has 0 saturated heterocycles. The van der Waals surface area contributed by atoms with E-state index in [1.54, 1.807) is 18.0 Å². The number of halogens is 2. The van der Waals surface area contributed by atoms with Crippen molar-refractivity contribution in [3.8, 4) is 0 Å². The molecule has 1 aliphatic rings. The third kappa shape index (κ3) is 3.20. The summed E-state index contributed by atoms with van der Waals surface area (Å²) in [7, 11) is 0. The highest BCUT2D eigenvalue weighted by Crippen LogP contribution is 2.33. The minimum absolute atomic E-state index is 0.677. The van der Waals surface area contributed by atoms with Crippen molar-refractivity contribution in [1.29, 1.82) is 0 Å². The van der Waals surface area contributed by atoms with E-state index >= 15 is 0 Å². The predicted octanol–water partition coefficient (Wildman–Crippen LogP) is 5.00. The van der Waals surface area contributed by atoms with Gasteiger partial charge in [0.05, 0.1) is 10.7 Å². The first-order chi connectivity index (χ1) is 7.25. The topological polar surface area (TPSA) is 12.0 Å². The van der Waals surface area contributed by atoms with Crippen LogP contribution >= 0.6 is 35.1 Å². The molecule has 1 N–H and O–H groups in total. The lowest BCUT2D eigenvalue weighted by atomic mass is 10.3. The van der Waals surface area contributed by atoms with Gasteiger partial charge in [-0.05, 0) is 43.0 Å². The molecule has 0 bridgehead atoms. The number of rotatable bonds is 3. The maximum absolute atomic E-state index is 6.05. The Kier molecular flexibility index (Phi) is 4.06. The summed E-state index contributed by atoms with van der Waals surface area (Å²) < 4.78 is 3.31. The second-order valence-electron chi connectivity index (χ2n) is 3.75. The summed E-state index contributed by atoms with van der Waals surface area (Å²) in [5.74, 6) is 0. The fourth-order valence-electron chi connectivity index (χ4n) is 1.73. The lowest BCUT2D eigenvalue weighted by Crippen LogP contribution is -1.99. The van der Waals surface area contributed by atoms with Crippen LogP contribution in [-0.4, -0.2) is 5.25 Å². The molecule has 2 rings (SSSR count). The second-order valence-corrected chi connectivity index (χ2v) is 5.70. The van der Waals surface area contributed by atoms with E-state index in [1.165, 1.54) is 25.7 Å². The molecule has 0 aromatic heterocycles. The number of hydrogen-bond donors (Lipinski definition) is 1. The molecule has 4 heteroatoms. The largest absolute Gasteiger partial charge is 0.328 e. The van der Waals surface area contributed by atoms with Gasteiger partial charge in [0.15, 0.2) is 0 Å². The molecule has 1 aliphatic carbocycles. The fraction of sp³-hybridized carbons (Fsp3) is 0.455. The summed E-state index contributed by atoms with van der Waals surface area (Å²) in [6.45, 7) is 0. The normalized spacial score (nSPS) is 16.9. The lowest BCUT2D eigenvalue weighted by molar-refractivity contribution is 0.886. The number of benzene rings is 1. The molecule has 82 valence electrons. The van der Waals surface area contributed by atoms with Gasteiger partial charge in [-0.15, -0.1) is 0 Å². The summed E-state index contributed by atoms with van der Waals surface area (Å²) in [4.78, 5) is 0. The zero-order chi connectivity index (χ0) is 10.7. The number of nitrogens with one attached hydrogen (secondary N) is 1. The van der Waals surface area contributed by atoms with Gasteiger partial charge in [-0.2, -0.15) is 0 Å². The van der Waals surface area contributed by atoms with E-state index in [-0.39, 0.29) is 0 Å². The SMILES string of the molecule is Clc1ccc(NSC2CCCC2)c(Cl)c1. The highest BCUT2D eigenvalue weighted by molar-refractivity contribution is 8.01. The Morgan fingerprint density at radius 3 is 2.60 bits per heavy atom. The summed E-state index contributed by atoms with van der Waals surface area (Å²) in [5.41, 5.74) is 0.956. The summed E-state index contributed by atoms with van der Waals surface area (Å²) in [5, 5.41) is 2.10. The van der Waals surface area contributed by atoms with E-state index in [1.807, 2.05) is 12.1 Å². The van der Waals surface area contributed by atoms with Crippen LogP contribution in [0.2, 0.25) is 10.0 Å². The molecule has 0 heterocycles. The molecule has 0 unspecified atom stereocenters. The Bertz CT molecular complexity index is 337. The van der Waals surface area contributed by atoms with Crippen LogP contribution in [0.5, 0.6) is 0 Å². The van der Waals surface area contributed by atoms with E-state index < -0.39 is 0 Å². The van der Waals surface area contributed by atoms with Gasteiger partial charge in [-0.3, -0.25) is 0 Å². The number of hydrogen-bond acceptors (Lipinski definition) is 2. The summed E-state index contributed by atoms with van der Waals surface area (Å²) >= 11 is 13.7. The molecule has 0 atom stereocenters. The third-order valence-electron chi connectivity index (χ3n) is 2.57. The fourth-order valence-corrected chi connectivity index (χ4v) is 3.28. The van der Waals surface area contributed by atoms with Crippen molar-refractivity contribution in [2.24, 2.45) is 0 Å². The summed E-state index contributed by atoms with van der Waals surface area (Å²) in [6, 6.07) is 5.54. The van der Waals surface area contributed by atoms with E-state index in [0.29, 0.717) is 10.0 Å². The van der Waals surface area contributed by atoms with Gasteiger partial charge in [0.25, 0.3) is 0 Å². The molecule has 1 saturated carbocycles. The molecule has 1 nitrogen and oxygen atoms in total. The Balaban J connectivity index is 1.92. The Morgan fingerprint density at radius 2 is 1.93 bits per heavy atom. The number of anilines is 1. The molecule has 0 radical (unpaired) electrons. The smallest absolute Gasteiger partial charge is 0.0660 e. The van der Waals surface area contributed by atoms with Gasteiger partial charge in [0.2, 0.25) is 0 Å². The maximum atomic E-state index is 6.05. The maximum Gasteiger partial charge on any atom is 0.0660 e. The van der Waals surface area contributed by atoms with Gasteiger partial charge in [0.1, 0.15) is 0 Å². The van der Waals surface area contributed by atoms with Crippen LogP contribution in [0.15, 0.2) is 18.2 Å². The predicted molar refractivity (Wildman–Crippen MR) is 69.9 cm³/mol. The average Bonchev–Trinajstić information content (AvgIpc) is 2.69. The molecular weight excluding hydrogens is 249 g/mol. The average molecular weight is 262 g/mol. The molecular formula is C11H13Cl2NS. The minimum Gasteiger partial charge on any atom is -0.328 e. The van der Waals surface area contributed by atoms with Gasteiger partial charge >= 0.3 is 0 Å².